The molecule has 1 aromatic heterocycles. The number of hydrogen-bond acceptors (Lipinski definition) is 3. The summed E-state index contributed by atoms with van der Waals surface area (Å²) in [5.74, 6) is 0.705. The molecule has 0 aliphatic carbocycles. The highest BCUT2D eigenvalue weighted by molar-refractivity contribution is 7.11. The third kappa shape index (κ3) is 2.94. The third-order valence-corrected chi connectivity index (χ3v) is 4.23. The summed E-state index contributed by atoms with van der Waals surface area (Å²) in [6.45, 7) is 0. The second kappa shape index (κ2) is 6.25. The van der Waals surface area contributed by atoms with Crippen LogP contribution in [0.1, 0.15) is 12.0 Å². The van der Waals surface area contributed by atoms with E-state index in [4.69, 9.17) is 11.6 Å². The maximum atomic E-state index is 5.75. The molecule has 2 nitrogen and oxygen atoms in total. The fourth-order valence-electron chi connectivity index (χ4n) is 2.19. The summed E-state index contributed by atoms with van der Waals surface area (Å²) in [6.07, 6.45) is 2.02. The molecule has 0 unspecified atom stereocenters. The number of fused-ring (bicyclic) bond motifs is 1. The van der Waals surface area contributed by atoms with Gasteiger partial charge in [-0.2, -0.15) is 4.37 Å². The Hall–Kier alpha value is -1.58. The summed E-state index contributed by atoms with van der Waals surface area (Å²) in [5.41, 5.74) is 3.45. The van der Waals surface area contributed by atoms with E-state index in [1.54, 1.807) is 0 Å². The van der Waals surface area contributed by atoms with E-state index in [9.17, 15) is 0 Å². The fraction of sp³-hybridized carbons (Fsp3) is 0.188. The van der Waals surface area contributed by atoms with Crippen molar-refractivity contribution in [2.75, 3.05) is 11.2 Å². The first-order valence-electron chi connectivity index (χ1n) is 6.63. The van der Waals surface area contributed by atoms with Gasteiger partial charge in [0.2, 0.25) is 0 Å². The first-order valence-corrected chi connectivity index (χ1v) is 7.94. The second-order valence-electron chi connectivity index (χ2n) is 4.65. The molecule has 0 spiro atoms. The van der Waals surface area contributed by atoms with Crippen molar-refractivity contribution in [3.05, 3.63) is 54.1 Å². The van der Waals surface area contributed by atoms with Gasteiger partial charge in [-0.1, -0.05) is 24.3 Å². The smallest absolute Gasteiger partial charge is 0.121 e. The van der Waals surface area contributed by atoms with Crippen LogP contribution in [0.2, 0.25) is 0 Å². The Morgan fingerprint density at radius 2 is 2.00 bits per heavy atom. The van der Waals surface area contributed by atoms with Crippen LogP contribution in [0.25, 0.3) is 10.9 Å². The van der Waals surface area contributed by atoms with Gasteiger partial charge in [-0.05, 0) is 54.2 Å². The molecule has 0 saturated carbocycles. The number of nitrogens with zero attached hydrogens (tertiary/aromatic N) is 1. The van der Waals surface area contributed by atoms with Crippen LogP contribution in [0.15, 0.2) is 48.5 Å². The summed E-state index contributed by atoms with van der Waals surface area (Å²) in [6, 6.07) is 16.7. The molecular formula is C16H15ClN2S. The van der Waals surface area contributed by atoms with E-state index in [0.717, 1.165) is 29.0 Å². The Balaban J connectivity index is 1.83. The number of alkyl halides is 1. The number of hydrogen-bond donors (Lipinski definition) is 1. The summed E-state index contributed by atoms with van der Waals surface area (Å²) in [7, 11) is 0. The van der Waals surface area contributed by atoms with Gasteiger partial charge in [-0.15, -0.1) is 11.6 Å². The van der Waals surface area contributed by atoms with Gasteiger partial charge < -0.3 is 5.32 Å². The topological polar surface area (TPSA) is 24.9 Å². The van der Waals surface area contributed by atoms with Gasteiger partial charge in [0.25, 0.3) is 0 Å². The summed E-state index contributed by atoms with van der Waals surface area (Å²) in [5, 5.41) is 5.73. The molecular weight excluding hydrogens is 288 g/mol. The quantitative estimate of drug-likeness (QED) is 0.654. The van der Waals surface area contributed by atoms with E-state index in [1.807, 2.05) is 18.2 Å². The highest BCUT2D eigenvalue weighted by atomic mass is 35.5. The molecule has 4 heteroatoms. The summed E-state index contributed by atoms with van der Waals surface area (Å²) in [4.78, 5) is 0. The number of nitrogens with one attached hydrogen (secondary N) is 1. The molecule has 102 valence electrons. The van der Waals surface area contributed by atoms with E-state index in [2.05, 4.69) is 40.0 Å². The van der Waals surface area contributed by atoms with E-state index in [1.165, 1.54) is 22.5 Å². The number of rotatable bonds is 5. The van der Waals surface area contributed by atoms with Crippen LogP contribution in [-0.4, -0.2) is 10.3 Å². The number of halogens is 1. The van der Waals surface area contributed by atoms with Crippen LogP contribution in [0, 0.1) is 0 Å². The van der Waals surface area contributed by atoms with Gasteiger partial charge in [0.05, 0.1) is 5.52 Å². The summed E-state index contributed by atoms with van der Waals surface area (Å²) >= 11 is 7.25. The molecule has 1 N–H and O–H groups in total. The van der Waals surface area contributed by atoms with E-state index < -0.39 is 0 Å². The fourth-order valence-corrected chi connectivity index (χ4v) is 3.10. The molecule has 1 heterocycles. The molecule has 0 aliphatic heterocycles. The monoisotopic (exact) mass is 302 g/mol. The Morgan fingerprint density at radius 1 is 1.10 bits per heavy atom. The van der Waals surface area contributed by atoms with Crippen molar-refractivity contribution in [2.45, 2.75) is 12.8 Å². The highest BCUT2D eigenvalue weighted by Gasteiger charge is 2.05. The second-order valence-corrected chi connectivity index (χ2v) is 5.80. The maximum absolute atomic E-state index is 5.75. The van der Waals surface area contributed by atoms with Crippen molar-refractivity contribution >= 4 is 44.7 Å². The predicted molar refractivity (Wildman–Crippen MR) is 88.4 cm³/mol. The van der Waals surface area contributed by atoms with E-state index in [-0.39, 0.29) is 0 Å². The van der Waals surface area contributed by atoms with Crippen molar-refractivity contribution in [1.29, 1.82) is 0 Å². The zero-order valence-corrected chi connectivity index (χ0v) is 12.5. The highest BCUT2D eigenvalue weighted by Crippen LogP contribution is 2.30. The minimum Gasteiger partial charge on any atom is -0.345 e. The van der Waals surface area contributed by atoms with Gasteiger partial charge >= 0.3 is 0 Å². The normalized spacial score (nSPS) is 10.8. The van der Waals surface area contributed by atoms with Crippen LogP contribution in [0.3, 0.4) is 0 Å². The van der Waals surface area contributed by atoms with Gasteiger partial charge in [0.1, 0.15) is 5.00 Å². The van der Waals surface area contributed by atoms with Gasteiger partial charge in [-0.3, -0.25) is 0 Å². The van der Waals surface area contributed by atoms with Crippen LogP contribution in [0.4, 0.5) is 10.7 Å². The Labute approximate surface area is 127 Å². The molecule has 3 aromatic rings. The molecule has 0 atom stereocenters. The molecule has 3 rings (SSSR count). The molecule has 0 aliphatic rings. The first kappa shape index (κ1) is 13.4. The predicted octanol–water partition coefficient (Wildman–Crippen LogP) is 5.21. The van der Waals surface area contributed by atoms with Crippen LogP contribution in [-0.2, 0) is 6.42 Å². The first-order chi connectivity index (χ1) is 9.86. The molecule has 0 amide bonds. The van der Waals surface area contributed by atoms with Crippen molar-refractivity contribution < 1.29 is 0 Å². The number of aryl methyl sites for hydroxylation is 1. The van der Waals surface area contributed by atoms with Crippen molar-refractivity contribution in [1.82, 2.24) is 4.37 Å². The van der Waals surface area contributed by atoms with Crippen molar-refractivity contribution in [2.24, 2.45) is 0 Å². The lowest BCUT2D eigenvalue weighted by atomic mass is 10.1. The molecule has 0 radical (unpaired) electrons. The lowest BCUT2D eigenvalue weighted by Gasteiger charge is -2.06. The van der Waals surface area contributed by atoms with Crippen LogP contribution in [0.5, 0.6) is 0 Å². The molecule has 0 fully saturated rings. The lowest BCUT2D eigenvalue weighted by Crippen LogP contribution is -1.91. The standard InChI is InChI=1S/C16H15ClN2S/c17-10-4-6-12-5-3-7-13(11-12)18-16-14-8-1-2-9-15(14)19-20-16/h1-3,5,7-9,11,18H,4,6,10H2. The molecule has 2 aromatic carbocycles. The molecule has 0 bridgehead atoms. The largest absolute Gasteiger partial charge is 0.345 e. The average molecular weight is 303 g/mol. The van der Waals surface area contributed by atoms with Crippen molar-refractivity contribution in [3.63, 3.8) is 0 Å². The van der Waals surface area contributed by atoms with Gasteiger partial charge in [0.15, 0.2) is 0 Å². The van der Waals surface area contributed by atoms with E-state index in [0.29, 0.717) is 5.88 Å². The van der Waals surface area contributed by atoms with Gasteiger partial charge in [-0.25, -0.2) is 0 Å². The SMILES string of the molecule is ClCCCc1cccc(Nc2snc3ccccc23)c1. The Bertz CT molecular complexity index is 708. The lowest BCUT2D eigenvalue weighted by molar-refractivity contribution is 0.929. The zero-order valence-electron chi connectivity index (χ0n) is 11.0. The van der Waals surface area contributed by atoms with Gasteiger partial charge in [0, 0.05) is 17.0 Å². The van der Waals surface area contributed by atoms with Crippen LogP contribution >= 0.6 is 23.1 Å². The van der Waals surface area contributed by atoms with Crippen LogP contribution < -0.4 is 5.32 Å². The number of anilines is 2. The minimum atomic E-state index is 0.705. The van der Waals surface area contributed by atoms with E-state index >= 15 is 0 Å². The Kier molecular flexibility index (Phi) is 4.19. The summed E-state index contributed by atoms with van der Waals surface area (Å²) < 4.78 is 4.45. The number of benzene rings is 2. The zero-order chi connectivity index (χ0) is 13.8. The molecule has 20 heavy (non-hydrogen) atoms. The number of aromatic nitrogens is 1. The molecule has 0 saturated heterocycles. The van der Waals surface area contributed by atoms with Crippen molar-refractivity contribution in [3.8, 4) is 0 Å². The average Bonchev–Trinajstić information content (AvgIpc) is 2.89. The Morgan fingerprint density at radius 3 is 2.90 bits per heavy atom. The minimum absolute atomic E-state index is 0.705. The maximum Gasteiger partial charge on any atom is 0.121 e. The third-order valence-electron chi connectivity index (χ3n) is 3.17.